The maximum absolute atomic E-state index is 13.0. The van der Waals surface area contributed by atoms with Gasteiger partial charge in [0.05, 0.1) is 23.3 Å². The summed E-state index contributed by atoms with van der Waals surface area (Å²) in [6.45, 7) is 2.32. The number of carbonyl (C=O) groups is 1. The number of hydrogen-bond acceptors (Lipinski definition) is 5. The molecule has 1 aliphatic rings. The van der Waals surface area contributed by atoms with Gasteiger partial charge < -0.3 is 10.1 Å². The molecule has 3 aromatic heterocycles. The molecule has 1 fully saturated rings. The van der Waals surface area contributed by atoms with E-state index < -0.39 is 18.1 Å². The fourth-order valence-corrected chi connectivity index (χ4v) is 3.38. The Hall–Kier alpha value is -3.10. The highest BCUT2D eigenvalue weighted by atomic mass is 19.3. The second-order valence-corrected chi connectivity index (χ2v) is 7.59. The van der Waals surface area contributed by atoms with Crippen LogP contribution in [0.1, 0.15) is 36.6 Å². The van der Waals surface area contributed by atoms with Crippen molar-refractivity contribution in [3.8, 4) is 5.88 Å². The Balaban J connectivity index is 1.56. The number of nitrogens with zero attached hydrogens (tertiary/aromatic N) is 4. The summed E-state index contributed by atoms with van der Waals surface area (Å²) in [5.41, 5.74) is 2.77. The van der Waals surface area contributed by atoms with Crippen LogP contribution >= 0.6 is 0 Å². The number of aromatic nitrogens is 4. The highest BCUT2D eigenvalue weighted by Gasteiger charge is 2.46. The highest BCUT2D eigenvalue weighted by molar-refractivity contribution is 5.82. The Morgan fingerprint density at radius 2 is 2.17 bits per heavy atom. The number of nitrogens with one attached hydrogen (secondary N) is 1. The van der Waals surface area contributed by atoms with Crippen LogP contribution in [0.3, 0.4) is 0 Å². The Morgan fingerprint density at radius 3 is 2.83 bits per heavy atom. The number of halogens is 2. The molecule has 1 saturated carbocycles. The normalized spacial score (nSPS) is 15.3. The first-order valence-electron chi connectivity index (χ1n) is 9.30. The van der Waals surface area contributed by atoms with Gasteiger partial charge in [-0.05, 0) is 37.5 Å². The minimum Gasteiger partial charge on any atom is -0.471 e. The highest BCUT2D eigenvalue weighted by Crippen LogP contribution is 2.46. The second kappa shape index (κ2) is 7.06. The van der Waals surface area contributed by atoms with Crippen molar-refractivity contribution in [3.05, 3.63) is 47.5 Å². The fourth-order valence-electron chi connectivity index (χ4n) is 3.38. The number of hydrogen-bond donors (Lipinski definition) is 1. The van der Waals surface area contributed by atoms with Gasteiger partial charge in [0.1, 0.15) is 0 Å². The van der Waals surface area contributed by atoms with E-state index in [0.717, 1.165) is 41.9 Å². The van der Waals surface area contributed by atoms with Crippen molar-refractivity contribution in [2.45, 2.75) is 44.7 Å². The van der Waals surface area contributed by atoms with Gasteiger partial charge >= 0.3 is 0 Å². The summed E-state index contributed by atoms with van der Waals surface area (Å²) in [6.07, 6.45) is 7.61. The second-order valence-electron chi connectivity index (χ2n) is 7.59. The summed E-state index contributed by atoms with van der Waals surface area (Å²) in [4.78, 5) is 19.6. The van der Waals surface area contributed by atoms with Gasteiger partial charge in [-0.2, -0.15) is 5.10 Å². The molecule has 0 unspecified atom stereocenters. The third-order valence-electron chi connectivity index (χ3n) is 4.91. The SMILES string of the molecule is Cc1cc(Cn2cc3c(C4(NC=O)CC4)nccc3n2)cnc1OCC(C)(F)F. The van der Waals surface area contributed by atoms with Crippen LogP contribution in [0, 0.1) is 6.92 Å². The molecular weight excluding hydrogens is 380 g/mol. The lowest BCUT2D eigenvalue weighted by molar-refractivity contribution is -0.110. The van der Waals surface area contributed by atoms with E-state index in [4.69, 9.17) is 4.74 Å². The zero-order chi connectivity index (χ0) is 20.6. The van der Waals surface area contributed by atoms with Crippen LogP contribution in [0.25, 0.3) is 10.9 Å². The molecule has 0 radical (unpaired) electrons. The van der Waals surface area contributed by atoms with Gasteiger partial charge in [-0.3, -0.25) is 14.5 Å². The molecule has 7 nitrogen and oxygen atoms in total. The summed E-state index contributed by atoms with van der Waals surface area (Å²) in [6, 6.07) is 3.68. The third kappa shape index (κ3) is 4.03. The van der Waals surface area contributed by atoms with E-state index in [-0.39, 0.29) is 5.88 Å². The monoisotopic (exact) mass is 401 g/mol. The predicted molar refractivity (Wildman–Crippen MR) is 102 cm³/mol. The molecule has 0 bridgehead atoms. The Bertz CT molecular complexity index is 1060. The topological polar surface area (TPSA) is 81.9 Å². The van der Waals surface area contributed by atoms with Crippen LogP contribution in [-0.4, -0.2) is 38.7 Å². The van der Waals surface area contributed by atoms with Gasteiger partial charge in [-0.25, -0.2) is 13.8 Å². The van der Waals surface area contributed by atoms with Crippen LogP contribution in [0.4, 0.5) is 8.78 Å². The molecule has 0 aromatic carbocycles. The molecule has 1 aliphatic carbocycles. The molecule has 0 spiro atoms. The fraction of sp³-hybridized carbons (Fsp3) is 0.400. The van der Waals surface area contributed by atoms with Crippen LogP contribution in [-0.2, 0) is 16.9 Å². The smallest absolute Gasteiger partial charge is 0.278 e. The first-order chi connectivity index (χ1) is 13.8. The molecule has 3 heterocycles. The van der Waals surface area contributed by atoms with Gasteiger partial charge in [0.15, 0.2) is 6.61 Å². The van der Waals surface area contributed by atoms with Gasteiger partial charge in [-0.1, -0.05) is 0 Å². The van der Waals surface area contributed by atoms with E-state index in [1.807, 2.05) is 18.3 Å². The average molecular weight is 401 g/mol. The van der Waals surface area contributed by atoms with Crippen LogP contribution < -0.4 is 10.1 Å². The third-order valence-corrected chi connectivity index (χ3v) is 4.91. The molecule has 1 N–H and O–H groups in total. The molecular formula is C20H21F2N5O2. The first kappa shape index (κ1) is 19.2. The van der Waals surface area contributed by atoms with Crippen LogP contribution in [0.2, 0.25) is 0 Å². The minimum atomic E-state index is -2.91. The van der Waals surface area contributed by atoms with E-state index in [0.29, 0.717) is 18.5 Å². The lowest BCUT2D eigenvalue weighted by atomic mass is 10.1. The zero-order valence-electron chi connectivity index (χ0n) is 16.2. The van der Waals surface area contributed by atoms with Crippen LogP contribution in [0.15, 0.2) is 30.7 Å². The largest absolute Gasteiger partial charge is 0.471 e. The van der Waals surface area contributed by atoms with E-state index in [2.05, 4.69) is 20.4 Å². The summed E-state index contributed by atoms with van der Waals surface area (Å²) < 4.78 is 32.9. The minimum absolute atomic E-state index is 0.197. The van der Waals surface area contributed by atoms with E-state index in [9.17, 15) is 13.6 Å². The number of fused-ring (bicyclic) bond motifs is 1. The number of ether oxygens (including phenoxy) is 1. The Morgan fingerprint density at radius 1 is 1.38 bits per heavy atom. The zero-order valence-corrected chi connectivity index (χ0v) is 16.2. The predicted octanol–water partition coefficient (Wildman–Crippen LogP) is 2.95. The Kier molecular flexibility index (Phi) is 4.68. The van der Waals surface area contributed by atoms with Crippen molar-refractivity contribution in [2.75, 3.05) is 6.61 Å². The number of aryl methyl sites for hydroxylation is 1. The van der Waals surface area contributed by atoms with Crippen molar-refractivity contribution >= 4 is 17.3 Å². The number of alkyl halides is 2. The lowest BCUT2D eigenvalue weighted by Gasteiger charge is -2.13. The average Bonchev–Trinajstić information content (AvgIpc) is 3.31. The first-order valence-corrected chi connectivity index (χ1v) is 9.30. The summed E-state index contributed by atoms with van der Waals surface area (Å²) in [5, 5.41) is 8.37. The van der Waals surface area contributed by atoms with E-state index >= 15 is 0 Å². The van der Waals surface area contributed by atoms with Crippen molar-refractivity contribution in [2.24, 2.45) is 0 Å². The van der Waals surface area contributed by atoms with Crippen molar-refractivity contribution < 1.29 is 18.3 Å². The molecule has 0 aliphatic heterocycles. The number of carbonyl (C=O) groups excluding carboxylic acids is 1. The van der Waals surface area contributed by atoms with E-state index in [1.165, 1.54) is 0 Å². The van der Waals surface area contributed by atoms with E-state index in [1.54, 1.807) is 24.0 Å². The maximum atomic E-state index is 13.0. The van der Waals surface area contributed by atoms with Crippen LogP contribution in [0.5, 0.6) is 5.88 Å². The standard InChI is InChI=1S/C20H21F2N5O2/c1-13-7-14(8-24-18(13)29-11-19(2,21)22)9-27-10-15-16(26-27)3-6-23-17(15)20(4-5-20)25-12-28/h3,6-8,10,12H,4-5,9,11H2,1-2H3,(H,25,28). The van der Waals surface area contributed by atoms with Gasteiger partial charge in [0.2, 0.25) is 12.3 Å². The molecule has 0 atom stereocenters. The molecule has 3 aromatic rings. The maximum Gasteiger partial charge on any atom is 0.278 e. The van der Waals surface area contributed by atoms with Crippen molar-refractivity contribution in [3.63, 3.8) is 0 Å². The molecule has 152 valence electrons. The summed E-state index contributed by atoms with van der Waals surface area (Å²) in [5.74, 6) is -2.71. The molecule has 0 saturated heterocycles. The summed E-state index contributed by atoms with van der Waals surface area (Å²) >= 11 is 0. The molecule has 4 rings (SSSR count). The molecule has 1 amide bonds. The van der Waals surface area contributed by atoms with Gasteiger partial charge in [0.25, 0.3) is 5.92 Å². The molecule has 9 heteroatoms. The molecule has 29 heavy (non-hydrogen) atoms. The van der Waals surface area contributed by atoms with Gasteiger partial charge in [0, 0.05) is 36.5 Å². The Labute approximate surface area is 166 Å². The van der Waals surface area contributed by atoms with Crippen molar-refractivity contribution in [1.82, 2.24) is 25.1 Å². The van der Waals surface area contributed by atoms with Crippen molar-refractivity contribution in [1.29, 1.82) is 0 Å². The van der Waals surface area contributed by atoms with Gasteiger partial charge in [-0.15, -0.1) is 0 Å². The lowest BCUT2D eigenvalue weighted by Crippen LogP contribution is -2.28. The summed E-state index contributed by atoms with van der Waals surface area (Å²) in [7, 11) is 0. The quantitative estimate of drug-likeness (QED) is 0.587. The number of rotatable bonds is 8. The number of amides is 1. The number of pyridine rings is 2.